The Morgan fingerprint density at radius 1 is 0.870 bits per heavy atom. The first-order chi connectivity index (χ1) is 11.4. The number of hydrogen-bond donors (Lipinski definition) is 0. The largest absolute Gasteiger partial charge is 0.277 e. The molecule has 0 aliphatic carbocycles. The summed E-state index contributed by atoms with van der Waals surface area (Å²) in [6.45, 7) is 4.64. The first-order valence-electron chi connectivity index (χ1n) is 7.67. The molecule has 0 radical (unpaired) electrons. The van der Waals surface area contributed by atoms with E-state index < -0.39 is 0 Å². The van der Waals surface area contributed by atoms with Crippen LogP contribution in [0.4, 0.5) is 5.69 Å². The van der Waals surface area contributed by atoms with Gasteiger partial charge in [0, 0.05) is 23.2 Å². The van der Waals surface area contributed by atoms with E-state index in [1.807, 2.05) is 30.6 Å². The number of rotatable bonds is 4. The third-order valence-corrected chi connectivity index (χ3v) is 4.06. The Labute approximate surface area is 135 Å². The molecule has 0 amide bonds. The molecule has 3 nitrogen and oxygen atoms in total. The van der Waals surface area contributed by atoms with Gasteiger partial charge in [-0.15, -0.1) is 6.58 Å². The van der Waals surface area contributed by atoms with Crippen molar-refractivity contribution in [3.63, 3.8) is 0 Å². The quantitative estimate of drug-likeness (QED) is 0.512. The molecule has 0 aliphatic rings. The minimum atomic E-state index is 0.715. The average Bonchev–Trinajstić information content (AvgIpc) is 2.95. The van der Waals surface area contributed by atoms with E-state index >= 15 is 0 Å². The Bertz CT molecular complexity index is 917. The van der Waals surface area contributed by atoms with Gasteiger partial charge in [0.05, 0.1) is 23.3 Å². The molecule has 0 unspecified atom stereocenters. The van der Waals surface area contributed by atoms with Crippen molar-refractivity contribution in [3.8, 4) is 0 Å². The van der Waals surface area contributed by atoms with Gasteiger partial charge >= 0.3 is 0 Å². The molecule has 0 N–H and O–H groups in total. The van der Waals surface area contributed by atoms with Gasteiger partial charge in [0.1, 0.15) is 0 Å². The van der Waals surface area contributed by atoms with Crippen LogP contribution in [0.25, 0.3) is 21.8 Å². The fraction of sp³-hybridized carbons (Fsp3) is 0.0500. The highest BCUT2D eigenvalue weighted by atomic mass is 15.5. The van der Waals surface area contributed by atoms with Crippen LogP contribution in [-0.4, -0.2) is 16.2 Å². The van der Waals surface area contributed by atoms with Gasteiger partial charge in [-0.25, -0.2) is 0 Å². The van der Waals surface area contributed by atoms with Gasteiger partial charge < -0.3 is 0 Å². The van der Waals surface area contributed by atoms with Crippen molar-refractivity contribution in [2.45, 2.75) is 0 Å². The topological polar surface area (TPSA) is 21.1 Å². The summed E-state index contributed by atoms with van der Waals surface area (Å²) >= 11 is 0. The number of pyridine rings is 1. The maximum Gasteiger partial charge on any atom is 0.0712 e. The minimum Gasteiger partial charge on any atom is -0.277 e. The number of nitrogens with zero attached hydrogens (tertiary/aromatic N) is 3. The van der Waals surface area contributed by atoms with Crippen LogP contribution in [0.1, 0.15) is 0 Å². The van der Waals surface area contributed by atoms with Gasteiger partial charge in [-0.2, -0.15) is 0 Å². The Balaban J connectivity index is 2.07. The molecule has 0 atom stereocenters. The van der Waals surface area contributed by atoms with Gasteiger partial charge in [0.2, 0.25) is 0 Å². The van der Waals surface area contributed by atoms with E-state index in [0.717, 1.165) is 5.69 Å². The van der Waals surface area contributed by atoms with E-state index in [9.17, 15) is 0 Å². The average molecular weight is 299 g/mol. The summed E-state index contributed by atoms with van der Waals surface area (Å²) in [6.07, 6.45) is 5.56. The van der Waals surface area contributed by atoms with E-state index in [1.54, 1.807) is 0 Å². The Kier molecular flexibility index (Phi) is 3.31. The fourth-order valence-corrected chi connectivity index (χ4v) is 3.10. The third-order valence-electron chi connectivity index (χ3n) is 4.06. The van der Waals surface area contributed by atoms with E-state index in [4.69, 9.17) is 0 Å². The van der Waals surface area contributed by atoms with E-state index in [-0.39, 0.29) is 0 Å². The molecule has 3 heteroatoms. The van der Waals surface area contributed by atoms with Gasteiger partial charge in [-0.3, -0.25) is 14.7 Å². The highest BCUT2D eigenvalue weighted by Crippen LogP contribution is 2.31. The Hall–Kier alpha value is -3.07. The van der Waals surface area contributed by atoms with Crippen molar-refractivity contribution >= 4 is 27.5 Å². The van der Waals surface area contributed by atoms with Crippen molar-refractivity contribution in [1.82, 2.24) is 9.66 Å². The summed E-state index contributed by atoms with van der Waals surface area (Å²) in [4.78, 5) is 4.13. The summed E-state index contributed by atoms with van der Waals surface area (Å²) in [7, 11) is 0. The smallest absolute Gasteiger partial charge is 0.0712 e. The second-order valence-electron chi connectivity index (χ2n) is 5.42. The fourth-order valence-electron chi connectivity index (χ4n) is 3.10. The zero-order chi connectivity index (χ0) is 15.6. The first-order valence-corrected chi connectivity index (χ1v) is 7.67. The highest BCUT2D eigenvalue weighted by Gasteiger charge is 2.15. The number of hydrogen-bond acceptors (Lipinski definition) is 2. The standard InChI is InChI=1S/C20H17N3/c1-2-15-22(16-11-13-21-14-12-16)23-19-9-5-3-7-17(19)18-8-4-6-10-20(18)23/h2-14H,1,15H2. The van der Waals surface area contributed by atoms with Crippen LogP contribution < -0.4 is 5.01 Å². The number of fused-ring (bicyclic) bond motifs is 3. The summed E-state index contributed by atoms with van der Waals surface area (Å²) in [5.74, 6) is 0. The molecule has 2 aromatic heterocycles. The predicted molar refractivity (Wildman–Crippen MR) is 96.6 cm³/mol. The highest BCUT2D eigenvalue weighted by molar-refractivity contribution is 6.08. The lowest BCUT2D eigenvalue weighted by Crippen LogP contribution is -2.29. The molecule has 0 spiro atoms. The molecule has 2 aromatic carbocycles. The predicted octanol–water partition coefficient (Wildman–Crippen LogP) is 4.65. The maximum absolute atomic E-state index is 4.13. The van der Waals surface area contributed by atoms with Crippen LogP contribution in [0, 0.1) is 0 Å². The summed E-state index contributed by atoms with van der Waals surface area (Å²) < 4.78 is 2.27. The molecule has 0 saturated heterocycles. The van der Waals surface area contributed by atoms with Gasteiger partial charge in [0.15, 0.2) is 0 Å². The Morgan fingerprint density at radius 2 is 1.43 bits per heavy atom. The van der Waals surface area contributed by atoms with Gasteiger partial charge in [-0.1, -0.05) is 42.5 Å². The van der Waals surface area contributed by atoms with Crippen LogP contribution in [-0.2, 0) is 0 Å². The number of para-hydroxylation sites is 2. The lowest BCUT2D eigenvalue weighted by atomic mass is 10.2. The number of aromatic nitrogens is 2. The third kappa shape index (κ3) is 2.18. The monoisotopic (exact) mass is 299 g/mol. The molecule has 2 heterocycles. The van der Waals surface area contributed by atoms with Crippen LogP contribution in [0.5, 0.6) is 0 Å². The molecule has 23 heavy (non-hydrogen) atoms. The second-order valence-corrected chi connectivity index (χ2v) is 5.42. The van der Waals surface area contributed by atoms with Gasteiger partial charge in [-0.05, 0) is 24.3 Å². The number of benzene rings is 2. The van der Waals surface area contributed by atoms with Gasteiger partial charge in [0.25, 0.3) is 0 Å². The second kappa shape index (κ2) is 5.61. The molecular weight excluding hydrogens is 282 g/mol. The molecule has 4 rings (SSSR count). The van der Waals surface area contributed by atoms with E-state index in [2.05, 4.69) is 69.8 Å². The minimum absolute atomic E-state index is 0.715. The SMILES string of the molecule is C=CCN(c1ccncc1)n1c2ccccc2c2ccccc21. The molecule has 0 saturated carbocycles. The summed E-state index contributed by atoms with van der Waals surface area (Å²) in [5.41, 5.74) is 3.46. The Morgan fingerprint density at radius 3 is 2.00 bits per heavy atom. The summed E-state index contributed by atoms with van der Waals surface area (Å²) in [5, 5.41) is 4.73. The van der Waals surface area contributed by atoms with Crippen LogP contribution in [0.15, 0.2) is 85.7 Å². The van der Waals surface area contributed by atoms with Crippen LogP contribution >= 0.6 is 0 Å². The molecule has 0 fully saturated rings. The zero-order valence-electron chi connectivity index (χ0n) is 12.8. The van der Waals surface area contributed by atoms with Crippen molar-refractivity contribution in [2.24, 2.45) is 0 Å². The van der Waals surface area contributed by atoms with Crippen molar-refractivity contribution in [1.29, 1.82) is 0 Å². The lowest BCUT2D eigenvalue weighted by molar-refractivity contribution is 0.790. The normalized spacial score (nSPS) is 11.0. The molecule has 112 valence electrons. The molecular formula is C20H17N3. The van der Waals surface area contributed by atoms with Crippen LogP contribution in [0.3, 0.4) is 0 Å². The van der Waals surface area contributed by atoms with Crippen molar-refractivity contribution < 1.29 is 0 Å². The molecule has 4 aromatic rings. The van der Waals surface area contributed by atoms with E-state index in [0.29, 0.717) is 6.54 Å². The lowest BCUT2D eigenvalue weighted by Gasteiger charge is -2.26. The molecule has 0 bridgehead atoms. The maximum atomic E-state index is 4.13. The molecule has 0 aliphatic heterocycles. The van der Waals surface area contributed by atoms with E-state index in [1.165, 1.54) is 21.8 Å². The first kappa shape index (κ1) is 13.6. The van der Waals surface area contributed by atoms with Crippen molar-refractivity contribution in [2.75, 3.05) is 11.6 Å². The van der Waals surface area contributed by atoms with Crippen molar-refractivity contribution in [3.05, 3.63) is 85.7 Å². The summed E-state index contributed by atoms with van der Waals surface area (Å²) in [6, 6.07) is 21.0. The number of anilines is 1. The zero-order valence-corrected chi connectivity index (χ0v) is 12.8. The van der Waals surface area contributed by atoms with Crippen LogP contribution in [0.2, 0.25) is 0 Å².